The summed E-state index contributed by atoms with van der Waals surface area (Å²) in [5.74, 6) is 0.887. The third kappa shape index (κ3) is 4.14. The highest BCUT2D eigenvalue weighted by atomic mass is 35.5. The van der Waals surface area contributed by atoms with Crippen LogP contribution in [0.3, 0.4) is 0 Å². The van der Waals surface area contributed by atoms with Crippen LogP contribution in [0.4, 0.5) is 11.5 Å². The number of fused-ring (bicyclic) bond motifs is 1. The molecule has 2 fully saturated rings. The molecule has 188 valence electrons. The molecule has 3 aliphatic heterocycles. The number of amides is 1. The summed E-state index contributed by atoms with van der Waals surface area (Å²) in [4.78, 5) is 26.9. The molecule has 2 atom stereocenters. The first kappa shape index (κ1) is 23.1. The lowest BCUT2D eigenvalue weighted by Crippen LogP contribution is -2.39. The van der Waals surface area contributed by atoms with Gasteiger partial charge < -0.3 is 15.5 Å². The molecule has 0 aliphatic carbocycles. The minimum Gasteiger partial charge on any atom is -0.355 e. The number of aliphatic imine (C=N–C) groups is 1. The average molecular weight is 508 g/mol. The Hall–Kier alpha value is -3.37. The predicted molar refractivity (Wildman–Crippen MR) is 141 cm³/mol. The lowest BCUT2D eigenvalue weighted by molar-refractivity contribution is 0.0606. The van der Waals surface area contributed by atoms with Crippen LogP contribution in [0.25, 0.3) is 5.65 Å². The van der Waals surface area contributed by atoms with Crippen LogP contribution in [-0.2, 0) is 0 Å². The van der Waals surface area contributed by atoms with Gasteiger partial charge in [-0.25, -0.2) is 9.50 Å². The van der Waals surface area contributed by atoms with Crippen LogP contribution in [0.1, 0.15) is 53.3 Å². The lowest BCUT2D eigenvalue weighted by atomic mass is 9.98. The molecule has 3 aliphatic rings. The summed E-state index contributed by atoms with van der Waals surface area (Å²) in [6, 6.07) is 7.57. The van der Waals surface area contributed by atoms with E-state index in [0.29, 0.717) is 23.8 Å². The van der Waals surface area contributed by atoms with E-state index in [4.69, 9.17) is 27.4 Å². The van der Waals surface area contributed by atoms with E-state index >= 15 is 0 Å². The molecule has 0 radical (unpaired) electrons. The highest BCUT2D eigenvalue weighted by Gasteiger charge is 2.32. The molecule has 1 aromatic carbocycles. The van der Waals surface area contributed by atoms with E-state index < -0.39 is 0 Å². The molecule has 0 spiro atoms. The van der Waals surface area contributed by atoms with Gasteiger partial charge in [-0.05, 0) is 50.8 Å². The molecule has 5 heterocycles. The number of carbonyl (C=O) groups excluding carboxylic acids is 1. The number of carbonyl (C=O) groups is 1. The van der Waals surface area contributed by atoms with Crippen molar-refractivity contribution in [2.24, 2.45) is 10.7 Å². The molecule has 2 saturated heterocycles. The second-order valence-electron chi connectivity index (χ2n) is 9.80. The maximum Gasteiger partial charge on any atom is 0.255 e. The Morgan fingerprint density at radius 1 is 1.19 bits per heavy atom. The van der Waals surface area contributed by atoms with Gasteiger partial charge in [-0.3, -0.25) is 20.2 Å². The Morgan fingerprint density at radius 3 is 2.83 bits per heavy atom. The normalized spacial score (nSPS) is 22.0. The van der Waals surface area contributed by atoms with Gasteiger partial charge in [-0.15, -0.1) is 0 Å². The second-order valence-corrected chi connectivity index (χ2v) is 10.2. The summed E-state index contributed by atoms with van der Waals surface area (Å²) in [6.45, 7) is 4.96. The van der Waals surface area contributed by atoms with Gasteiger partial charge in [0.25, 0.3) is 5.91 Å². The molecule has 2 aromatic heterocycles. The van der Waals surface area contributed by atoms with Gasteiger partial charge in [0, 0.05) is 43.5 Å². The monoisotopic (exact) mass is 507 g/mol. The van der Waals surface area contributed by atoms with Crippen LogP contribution < -0.4 is 21.1 Å². The Bertz CT molecular complexity index is 1330. The summed E-state index contributed by atoms with van der Waals surface area (Å²) in [5, 5.41) is 7.14. The van der Waals surface area contributed by atoms with Gasteiger partial charge in [0.15, 0.2) is 5.65 Å². The molecule has 0 saturated carbocycles. The van der Waals surface area contributed by atoms with E-state index in [2.05, 4.69) is 22.2 Å². The maximum atomic E-state index is 13.7. The van der Waals surface area contributed by atoms with Crippen molar-refractivity contribution in [1.29, 1.82) is 0 Å². The summed E-state index contributed by atoms with van der Waals surface area (Å²) in [7, 11) is 0. The molecule has 10 nitrogen and oxygen atoms in total. The number of aryl methyl sites for hydroxylation is 1. The number of hydrogen-bond acceptors (Lipinski definition) is 8. The van der Waals surface area contributed by atoms with Gasteiger partial charge in [-0.2, -0.15) is 5.10 Å². The van der Waals surface area contributed by atoms with Crippen molar-refractivity contribution >= 4 is 41.0 Å². The van der Waals surface area contributed by atoms with Gasteiger partial charge in [0.1, 0.15) is 18.8 Å². The zero-order chi connectivity index (χ0) is 24.8. The number of aromatic nitrogens is 3. The fraction of sp³-hybridized carbons (Fsp3) is 0.440. The Balaban J connectivity index is 1.28. The second kappa shape index (κ2) is 9.25. The van der Waals surface area contributed by atoms with Crippen molar-refractivity contribution < 1.29 is 4.79 Å². The molecule has 2 unspecified atom stereocenters. The number of likely N-dealkylation sites (tertiary alicyclic amines) is 1. The number of halogens is 1. The molecule has 0 bridgehead atoms. The van der Waals surface area contributed by atoms with Crippen molar-refractivity contribution in [3.63, 3.8) is 0 Å². The Morgan fingerprint density at radius 2 is 2.08 bits per heavy atom. The number of nitrogens with zero attached hydrogens (tertiary/aromatic N) is 7. The highest BCUT2D eigenvalue weighted by molar-refractivity contribution is 6.34. The number of hydrogen-bond donors (Lipinski definition) is 2. The smallest absolute Gasteiger partial charge is 0.255 e. The van der Waals surface area contributed by atoms with Crippen molar-refractivity contribution in [3.05, 3.63) is 52.3 Å². The minimum absolute atomic E-state index is 0.0742. The van der Waals surface area contributed by atoms with E-state index in [0.717, 1.165) is 67.2 Å². The first-order valence-corrected chi connectivity index (χ1v) is 12.9. The standard InChI is InChI=1S/C25H30ClN9O/c1-16-12-34-23(30-24(16)32-9-7-17(27)13-32)11-21(31-34)22-4-2-3-8-33(22)25(36)19-6-5-18(10-20(19)26)35-15-28-14-29-35/h5-6,10-12,14,17,22H,2-4,7-9,13,15,27H2,1H3,(H,28,29). The number of piperidine rings is 1. The van der Waals surface area contributed by atoms with Crippen molar-refractivity contribution in [1.82, 2.24) is 24.9 Å². The third-order valence-electron chi connectivity index (χ3n) is 7.28. The number of nitrogens with two attached hydrogens (primary N) is 1. The topological polar surface area (TPSA) is 107 Å². The summed E-state index contributed by atoms with van der Waals surface area (Å²) in [6.07, 6.45) is 7.48. The molecular weight excluding hydrogens is 478 g/mol. The van der Waals surface area contributed by atoms with E-state index in [9.17, 15) is 4.79 Å². The maximum absolute atomic E-state index is 13.7. The molecule has 36 heavy (non-hydrogen) atoms. The number of anilines is 2. The summed E-state index contributed by atoms with van der Waals surface area (Å²) in [5.41, 5.74) is 13.2. The van der Waals surface area contributed by atoms with Crippen molar-refractivity contribution in [3.8, 4) is 0 Å². The fourth-order valence-electron chi connectivity index (χ4n) is 5.39. The van der Waals surface area contributed by atoms with E-state index in [1.54, 1.807) is 18.5 Å². The van der Waals surface area contributed by atoms with Crippen LogP contribution in [0, 0.1) is 6.92 Å². The van der Waals surface area contributed by atoms with Crippen molar-refractivity contribution in [2.75, 3.05) is 36.2 Å². The fourth-order valence-corrected chi connectivity index (χ4v) is 5.65. The Labute approximate surface area is 214 Å². The number of rotatable bonds is 4. The van der Waals surface area contributed by atoms with Crippen LogP contribution >= 0.6 is 11.6 Å². The zero-order valence-electron chi connectivity index (χ0n) is 20.3. The third-order valence-corrected chi connectivity index (χ3v) is 7.59. The quantitative estimate of drug-likeness (QED) is 0.559. The van der Waals surface area contributed by atoms with Gasteiger partial charge in [0.05, 0.1) is 28.0 Å². The molecular formula is C25H30ClN9O. The van der Waals surface area contributed by atoms with E-state index in [1.165, 1.54) is 0 Å². The van der Waals surface area contributed by atoms with Gasteiger partial charge in [-0.1, -0.05) is 11.6 Å². The van der Waals surface area contributed by atoms with Crippen LogP contribution in [0.15, 0.2) is 35.5 Å². The summed E-state index contributed by atoms with van der Waals surface area (Å²) >= 11 is 6.60. The molecule has 11 heteroatoms. The highest BCUT2D eigenvalue weighted by Crippen LogP contribution is 2.34. The summed E-state index contributed by atoms with van der Waals surface area (Å²) < 4.78 is 1.83. The average Bonchev–Trinajstić information content (AvgIpc) is 3.64. The van der Waals surface area contributed by atoms with Crippen LogP contribution in [0.5, 0.6) is 0 Å². The first-order chi connectivity index (χ1) is 17.5. The van der Waals surface area contributed by atoms with Crippen molar-refractivity contribution in [2.45, 2.75) is 44.7 Å². The Kier molecular flexibility index (Phi) is 5.93. The first-order valence-electron chi connectivity index (χ1n) is 12.5. The minimum atomic E-state index is -0.124. The SMILES string of the molecule is Cc1cn2nc(C3CCCCN3C(=O)c3ccc(N4CN=CN4)cc3Cl)cc2nc1N1CCC(N)C1. The molecule has 3 aromatic rings. The molecule has 3 N–H and O–H groups in total. The lowest BCUT2D eigenvalue weighted by Gasteiger charge is -2.35. The van der Waals surface area contributed by atoms with Gasteiger partial charge in [0.2, 0.25) is 0 Å². The number of nitrogens with one attached hydrogen (secondary N) is 1. The van der Waals surface area contributed by atoms with Crippen LogP contribution in [0.2, 0.25) is 5.02 Å². The van der Waals surface area contributed by atoms with Crippen LogP contribution in [-0.4, -0.2) is 64.1 Å². The largest absolute Gasteiger partial charge is 0.355 e. The zero-order valence-corrected chi connectivity index (χ0v) is 21.0. The number of hydrazine groups is 1. The van der Waals surface area contributed by atoms with E-state index in [-0.39, 0.29) is 18.0 Å². The number of benzene rings is 1. The molecule has 1 amide bonds. The van der Waals surface area contributed by atoms with E-state index in [1.807, 2.05) is 32.8 Å². The molecule has 6 rings (SSSR count). The van der Waals surface area contributed by atoms with Gasteiger partial charge >= 0.3 is 0 Å². The predicted octanol–water partition coefficient (Wildman–Crippen LogP) is 2.91.